The third-order valence-electron chi connectivity index (χ3n) is 4.42. The molecule has 2 rings (SSSR count). The van der Waals surface area contributed by atoms with Gasteiger partial charge >= 0.3 is 0 Å². The summed E-state index contributed by atoms with van der Waals surface area (Å²) in [5.41, 5.74) is -1.25. The van der Waals surface area contributed by atoms with Crippen molar-refractivity contribution in [1.29, 1.82) is 0 Å². The number of hydrogen-bond donors (Lipinski definition) is 3. The number of amides is 1. The van der Waals surface area contributed by atoms with E-state index in [1.807, 2.05) is 6.08 Å². The van der Waals surface area contributed by atoms with Crippen LogP contribution in [0.15, 0.2) is 12.2 Å². The summed E-state index contributed by atoms with van der Waals surface area (Å²) in [7, 11) is 0. The van der Waals surface area contributed by atoms with Crippen LogP contribution in [0.1, 0.15) is 32.6 Å². The number of aliphatic hydroxyl groups is 2. The number of carbonyl (C=O) groups is 1. The van der Waals surface area contributed by atoms with E-state index in [0.717, 1.165) is 19.3 Å². The van der Waals surface area contributed by atoms with Crippen LogP contribution < -0.4 is 5.32 Å². The fourth-order valence-corrected chi connectivity index (χ4v) is 3.43. The lowest BCUT2D eigenvalue weighted by Crippen LogP contribution is -2.53. The number of aliphatic hydroxyl groups excluding tert-OH is 1. The zero-order chi connectivity index (χ0) is 14.0. The molecule has 0 bridgehead atoms. The van der Waals surface area contributed by atoms with Crippen molar-refractivity contribution >= 4 is 17.5 Å². The normalized spacial score (nSPS) is 40.2. The van der Waals surface area contributed by atoms with Gasteiger partial charge in [-0.25, -0.2) is 0 Å². The second-order valence-corrected chi connectivity index (χ2v) is 6.13. The highest BCUT2D eigenvalue weighted by molar-refractivity contribution is 6.18. The van der Waals surface area contributed by atoms with Gasteiger partial charge in [0, 0.05) is 11.8 Å². The molecule has 1 amide bonds. The molecular weight excluding hydrogens is 266 g/mol. The zero-order valence-corrected chi connectivity index (χ0v) is 11.9. The van der Waals surface area contributed by atoms with E-state index >= 15 is 0 Å². The number of allylic oxidation sites excluding steroid dienone is 1. The first-order chi connectivity index (χ1) is 8.98. The molecule has 0 saturated carbocycles. The van der Waals surface area contributed by atoms with E-state index < -0.39 is 23.7 Å². The molecule has 3 N–H and O–H groups in total. The molecule has 5 atom stereocenters. The summed E-state index contributed by atoms with van der Waals surface area (Å²) < 4.78 is 0. The Hall–Kier alpha value is -0.580. The van der Waals surface area contributed by atoms with Crippen LogP contribution in [0.5, 0.6) is 0 Å². The van der Waals surface area contributed by atoms with Crippen LogP contribution in [0.4, 0.5) is 0 Å². The van der Waals surface area contributed by atoms with Crippen LogP contribution in [-0.2, 0) is 4.79 Å². The van der Waals surface area contributed by atoms with E-state index in [2.05, 4.69) is 11.4 Å². The Bertz CT molecular complexity index is 370. The monoisotopic (exact) mass is 287 g/mol. The minimum absolute atomic E-state index is 0.000256. The van der Waals surface area contributed by atoms with Crippen molar-refractivity contribution in [2.75, 3.05) is 5.88 Å². The highest BCUT2D eigenvalue weighted by atomic mass is 35.5. The SMILES string of the molecule is C[C@@]1(O)[C@@H]([C@@H](O)[C@@H]2C=CCCC2)NC(=O)[C@@H]1CCCl. The largest absolute Gasteiger partial charge is 0.390 e. The molecular formula is C14H22ClNO3. The van der Waals surface area contributed by atoms with Crippen LogP contribution in [0.3, 0.4) is 0 Å². The summed E-state index contributed by atoms with van der Waals surface area (Å²) in [6.45, 7) is 1.61. The van der Waals surface area contributed by atoms with Crippen molar-refractivity contribution in [3.8, 4) is 0 Å². The van der Waals surface area contributed by atoms with Crippen LogP contribution >= 0.6 is 11.6 Å². The van der Waals surface area contributed by atoms with Gasteiger partial charge < -0.3 is 15.5 Å². The van der Waals surface area contributed by atoms with Gasteiger partial charge in [-0.3, -0.25) is 4.79 Å². The molecule has 1 aliphatic carbocycles. The molecule has 4 nitrogen and oxygen atoms in total. The fourth-order valence-electron chi connectivity index (χ4n) is 3.22. The third-order valence-corrected chi connectivity index (χ3v) is 4.64. The number of rotatable bonds is 4. The molecule has 0 spiro atoms. The third kappa shape index (κ3) is 2.81. The highest BCUT2D eigenvalue weighted by Crippen LogP contribution is 2.36. The highest BCUT2D eigenvalue weighted by Gasteiger charge is 2.53. The van der Waals surface area contributed by atoms with Crippen LogP contribution in [0, 0.1) is 11.8 Å². The lowest BCUT2D eigenvalue weighted by atomic mass is 9.78. The Labute approximate surface area is 118 Å². The fraction of sp³-hybridized carbons (Fsp3) is 0.786. The summed E-state index contributed by atoms with van der Waals surface area (Å²) >= 11 is 5.69. The number of nitrogens with one attached hydrogen (secondary N) is 1. The van der Waals surface area contributed by atoms with E-state index in [0.29, 0.717) is 12.3 Å². The molecule has 1 saturated heterocycles. The Morgan fingerprint density at radius 3 is 2.95 bits per heavy atom. The lowest BCUT2D eigenvalue weighted by Gasteiger charge is -2.35. The first-order valence-electron chi connectivity index (χ1n) is 6.92. The molecule has 1 heterocycles. The van der Waals surface area contributed by atoms with Gasteiger partial charge in [0.2, 0.25) is 5.91 Å². The number of alkyl halides is 1. The number of halogens is 1. The maximum Gasteiger partial charge on any atom is 0.226 e. The van der Waals surface area contributed by atoms with Gasteiger partial charge in [-0.2, -0.15) is 0 Å². The predicted molar refractivity (Wildman–Crippen MR) is 73.9 cm³/mol. The van der Waals surface area contributed by atoms with Crippen LogP contribution in [0.25, 0.3) is 0 Å². The van der Waals surface area contributed by atoms with Crippen molar-refractivity contribution in [2.45, 2.75) is 50.4 Å². The molecule has 0 aromatic carbocycles. The smallest absolute Gasteiger partial charge is 0.226 e. The van der Waals surface area contributed by atoms with Gasteiger partial charge in [0.1, 0.15) is 0 Å². The zero-order valence-electron chi connectivity index (χ0n) is 11.2. The van der Waals surface area contributed by atoms with Crippen molar-refractivity contribution in [1.82, 2.24) is 5.32 Å². The van der Waals surface area contributed by atoms with E-state index in [1.54, 1.807) is 6.92 Å². The minimum Gasteiger partial charge on any atom is -0.390 e. The van der Waals surface area contributed by atoms with Crippen LogP contribution in [-0.4, -0.2) is 39.7 Å². The van der Waals surface area contributed by atoms with Gasteiger partial charge in [-0.15, -0.1) is 11.6 Å². The van der Waals surface area contributed by atoms with Gasteiger partial charge in [0.05, 0.1) is 23.7 Å². The molecule has 0 aromatic heterocycles. The maximum absolute atomic E-state index is 11.9. The summed E-state index contributed by atoms with van der Waals surface area (Å²) in [5, 5.41) is 23.8. The van der Waals surface area contributed by atoms with Gasteiger partial charge in [-0.1, -0.05) is 12.2 Å². The molecule has 0 radical (unpaired) electrons. The second kappa shape index (κ2) is 5.81. The Morgan fingerprint density at radius 1 is 1.63 bits per heavy atom. The molecule has 2 aliphatic rings. The maximum atomic E-state index is 11.9. The van der Waals surface area contributed by atoms with Crippen LogP contribution in [0.2, 0.25) is 0 Å². The van der Waals surface area contributed by atoms with E-state index in [4.69, 9.17) is 11.6 Å². The molecule has 5 heteroatoms. The summed E-state index contributed by atoms with van der Waals surface area (Å²) in [4.78, 5) is 11.9. The molecule has 108 valence electrons. The Balaban J connectivity index is 2.13. The summed E-state index contributed by atoms with van der Waals surface area (Å²) in [6, 6.07) is -0.624. The van der Waals surface area contributed by atoms with Gasteiger partial charge in [0.25, 0.3) is 0 Å². The molecule has 0 aromatic rings. The average Bonchev–Trinajstić information content (AvgIpc) is 2.63. The van der Waals surface area contributed by atoms with Crippen molar-refractivity contribution in [2.24, 2.45) is 11.8 Å². The minimum atomic E-state index is -1.25. The van der Waals surface area contributed by atoms with E-state index in [1.165, 1.54) is 0 Å². The van der Waals surface area contributed by atoms with E-state index in [-0.39, 0.29) is 11.8 Å². The quantitative estimate of drug-likeness (QED) is 0.537. The second-order valence-electron chi connectivity index (χ2n) is 5.76. The first kappa shape index (κ1) is 14.8. The van der Waals surface area contributed by atoms with Crippen molar-refractivity contribution < 1.29 is 15.0 Å². The summed E-state index contributed by atoms with van der Waals surface area (Å²) in [6.07, 6.45) is 6.67. The Morgan fingerprint density at radius 2 is 2.37 bits per heavy atom. The summed E-state index contributed by atoms with van der Waals surface area (Å²) in [5.74, 6) is -0.438. The van der Waals surface area contributed by atoms with E-state index in [9.17, 15) is 15.0 Å². The molecule has 1 fully saturated rings. The molecule has 1 aliphatic heterocycles. The van der Waals surface area contributed by atoms with Gasteiger partial charge in [0.15, 0.2) is 0 Å². The van der Waals surface area contributed by atoms with Gasteiger partial charge in [-0.05, 0) is 32.6 Å². The average molecular weight is 288 g/mol. The van der Waals surface area contributed by atoms with Crippen molar-refractivity contribution in [3.05, 3.63) is 12.2 Å². The predicted octanol–water partition coefficient (Wildman–Crippen LogP) is 1.20. The Kier molecular flexibility index (Phi) is 4.54. The molecule has 19 heavy (non-hydrogen) atoms. The number of carbonyl (C=O) groups excluding carboxylic acids is 1. The van der Waals surface area contributed by atoms with Crippen molar-refractivity contribution in [3.63, 3.8) is 0 Å². The molecule has 0 unspecified atom stereocenters. The lowest BCUT2D eigenvalue weighted by molar-refractivity contribution is -0.125. The number of hydrogen-bond acceptors (Lipinski definition) is 3. The topological polar surface area (TPSA) is 69.6 Å². The first-order valence-corrected chi connectivity index (χ1v) is 7.45. The standard InChI is InChI=1S/C14H22ClNO3/c1-14(19)10(7-8-15)13(18)16-12(14)11(17)9-5-3-2-4-6-9/h3,5,9-12,17,19H,2,4,6-8H2,1H3,(H,16,18)/t9-,10+,11+,12-,14+/m1/s1.